The molecule has 76 valence electrons. The minimum atomic E-state index is -0.902. The number of carbonyl (C=O) groups excluding carboxylic acids is 1. The number of carbonyl (C=O) groups is 1. The molecule has 0 spiro atoms. The Morgan fingerprint density at radius 3 is 2.86 bits per heavy atom. The highest BCUT2D eigenvalue weighted by Gasteiger charge is 2.08. The molecule has 0 unspecified atom stereocenters. The van der Waals surface area contributed by atoms with Gasteiger partial charge < -0.3 is 15.6 Å². The fraction of sp³-hybridized carbons (Fsp3) is 0.125. The second-order valence-electron chi connectivity index (χ2n) is 2.50. The van der Waals surface area contributed by atoms with Crippen molar-refractivity contribution in [2.45, 2.75) is 6.61 Å². The number of primary amides is 1. The van der Waals surface area contributed by atoms with E-state index in [-0.39, 0.29) is 12.4 Å². The van der Waals surface area contributed by atoms with E-state index in [1.807, 2.05) is 0 Å². The number of phenols is 1. The summed E-state index contributed by atoms with van der Waals surface area (Å²) in [6, 6.07) is 3.02. The Morgan fingerprint density at radius 1 is 1.64 bits per heavy atom. The lowest BCUT2D eigenvalue weighted by Gasteiger charge is -2.06. The molecule has 0 fully saturated rings. The van der Waals surface area contributed by atoms with E-state index in [2.05, 4.69) is 20.7 Å². The smallest absolute Gasteiger partial charge is 0.404 e. The summed E-state index contributed by atoms with van der Waals surface area (Å²) in [7, 11) is 0. The van der Waals surface area contributed by atoms with E-state index in [0.29, 0.717) is 15.1 Å². The third-order valence-corrected chi connectivity index (χ3v) is 2.30. The largest absolute Gasteiger partial charge is 0.506 e. The van der Waals surface area contributed by atoms with E-state index in [0.717, 1.165) is 0 Å². The molecule has 0 aliphatic rings. The summed E-state index contributed by atoms with van der Waals surface area (Å²) < 4.78 is 4.96. The van der Waals surface area contributed by atoms with E-state index >= 15 is 0 Å². The third-order valence-electron chi connectivity index (χ3n) is 1.48. The number of halogens is 2. The number of hydrogen-bond donors (Lipinski definition) is 2. The molecule has 6 heteroatoms. The van der Waals surface area contributed by atoms with Gasteiger partial charge in [0, 0.05) is 10.6 Å². The van der Waals surface area contributed by atoms with Crippen LogP contribution in [0.25, 0.3) is 0 Å². The normalized spacial score (nSPS) is 9.86. The molecule has 0 saturated carbocycles. The highest BCUT2D eigenvalue weighted by Crippen LogP contribution is 2.31. The monoisotopic (exact) mass is 279 g/mol. The standard InChI is InChI=1S/C8H7BrClNO3/c9-6-2-5(10)1-4(7(6)12)3-14-8(11)13/h1-2,12H,3H2,(H2,11,13). The minimum Gasteiger partial charge on any atom is -0.506 e. The molecule has 0 aliphatic heterocycles. The Morgan fingerprint density at radius 2 is 2.29 bits per heavy atom. The van der Waals surface area contributed by atoms with Crippen LogP contribution in [0.1, 0.15) is 5.56 Å². The number of amides is 1. The summed E-state index contributed by atoms with van der Waals surface area (Å²) in [5.74, 6) is -0.0179. The summed E-state index contributed by atoms with van der Waals surface area (Å²) in [4.78, 5) is 10.3. The highest BCUT2D eigenvalue weighted by atomic mass is 79.9. The summed E-state index contributed by atoms with van der Waals surface area (Å²) in [6.07, 6.45) is -0.902. The lowest BCUT2D eigenvalue weighted by molar-refractivity contribution is 0.149. The van der Waals surface area contributed by atoms with Crippen molar-refractivity contribution in [2.24, 2.45) is 5.73 Å². The van der Waals surface area contributed by atoms with Crippen LogP contribution in [0.4, 0.5) is 4.79 Å². The molecular formula is C8H7BrClNO3. The van der Waals surface area contributed by atoms with Crippen LogP contribution < -0.4 is 5.73 Å². The van der Waals surface area contributed by atoms with Crippen LogP contribution in [0.3, 0.4) is 0 Å². The Labute approximate surface area is 93.7 Å². The van der Waals surface area contributed by atoms with Crippen LogP contribution in [-0.4, -0.2) is 11.2 Å². The van der Waals surface area contributed by atoms with Crippen LogP contribution in [0.2, 0.25) is 5.02 Å². The van der Waals surface area contributed by atoms with E-state index in [9.17, 15) is 9.90 Å². The Hall–Kier alpha value is -0.940. The van der Waals surface area contributed by atoms with E-state index in [1.165, 1.54) is 12.1 Å². The maximum Gasteiger partial charge on any atom is 0.404 e. The molecular weight excluding hydrogens is 273 g/mol. The Bertz CT molecular complexity index is 370. The maximum absolute atomic E-state index is 10.3. The van der Waals surface area contributed by atoms with E-state index in [1.54, 1.807) is 0 Å². The fourth-order valence-corrected chi connectivity index (χ4v) is 1.75. The first-order valence-electron chi connectivity index (χ1n) is 3.60. The van der Waals surface area contributed by atoms with Gasteiger partial charge in [-0.1, -0.05) is 11.6 Å². The number of nitrogens with two attached hydrogens (primary N) is 1. The van der Waals surface area contributed by atoms with Crippen LogP contribution in [0.15, 0.2) is 16.6 Å². The number of benzene rings is 1. The van der Waals surface area contributed by atoms with E-state index < -0.39 is 6.09 Å². The Kier molecular flexibility index (Phi) is 3.60. The molecule has 0 saturated heterocycles. The van der Waals surface area contributed by atoms with Crippen molar-refractivity contribution in [3.8, 4) is 5.75 Å². The number of phenolic OH excluding ortho intramolecular Hbond substituents is 1. The van der Waals surface area contributed by atoms with Crippen LogP contribution in [-0.2, 0) is 11.3 Å². The summed E-state index contributed by atoms with van der Waals surface area (Å²) in [5.41, 5.74) is 5.17. The van der Waals surface area contributed by atoms with Crippen LogP contribution in [0.5, 0.6) is 5.75 Å². The molecule has 0 aromatic heterocycles. The molecule has 1 aromatic rings. The first-order chi connectivity index (χ1) is 6.50. The first kappa shape index (κ1) is 11.1. The number of rotatable bonds is 2. The topological polar surface area (TPSA) is 72.6 Å². The number of hydrogen-bond acceptors (Lipinski definition) is 3. The SMILES string of the molecule is NC(=O)OCc1cc(Cl)cc(Br)c1O. The second-order valence-corrected chi connectivity index (χ2v) is 3.79. The summed E-state index contributed by atoms with van der Waals surface area (Å²) >= 11 is 8.82. The summed E-state index contributed by atoms with van der Waals surface area (Å²) in [6.45, 7) is -0.111. The van der Waals surface area contributed by atoms with Crippen molar-refractivity contribution in [3.05, 3.63) is 27.2 Å². The van der Waals surface area contributed by atoms with Gasteiger partial charge in [-0.2, -0.15) is 0 Å². The molecule has 1 aromatic carbocycles. The van der Waals surface area contributed by atoms with Gasteiger partial charge in [0.1, 0.15) is 12.4 Å². The van der Waals surface area contributed by atoms with Gasteiger partial charge in [-0.15, -0.1) is 0 Å². The number of ether oxygens (including phenoxy) is 1. The molecule has 14 heavy (non-hydrogen) atoms. The lowest BCUT2D eigenvalue weighted by Crippen LogP contribution is -2.12. The van der Waals surface area contributed by atoms with Crippen molar-refractivity contribution < 1.29 is 14.6 Å². The van der Waals surface area contributed by atoms with Gasteiger partial charge in [-0.3, -0.25) is 0 Å². The zero-order valence-corrected chi connectivity index (χ0v) is 9.30. The predicted molar refractivity (Wildman–Crippen MR) is 55.2 cm³/mol. The van der Waals surface area contributed by atoms with Gasteiger partial charge in [-0.05, 0) is 28.1 Å². The molecule has 1 amide bonds. The zero-order valence-electron chi connectivity index (χ0n) is 6.96. The van der Waals surface area contributed by atoms with Gasteiger partial charge in [0.2, 0.25) is 0 Å². The zero-order chi connectivity index (χ0) is 10.7. The number of aromatic hydroxyl groups is 1. The molecule has 0 radical (unpaired) electrons. The molecule has 1 rings (SSSR count). The van der Waals surface area contributed by atoms with Gasteiger partial charge in [0.15, 0.2) is 0 Å². The quantitative estimate of drug-likeness (QED) is 0.873. The lowest BCUT2D eigenvalue weighted by atomic mass is 10.2. The average molecular weight is 281 g/mol. The maximum atomic E-state index is 10.3. The Balaban J connectivity index is 2.90. The fourth-order valence-electron chi connectivity index (χ4n) is 0.878. The molecule has 0 heterocycles. The molecule has 0 aliphatic carbocycles. The molecule has 3 N–H and O–H groups in total. The second kappa shape index (κ2) is 4.52. The first-order valence-corrected chi connectivity index (χ1v) is 4.77. The highest BCUT2D eigenvalue weighted by molar-refractivity contribution is 9.10. The van der Waals surface area contributed by atoms with Crippen LogP contribution in [0, 0.1) is 0 Å². The van der Waals surface area contributed by atoms with Gasteiger partial charge in [0.05, 0.1) is 4.47 Å². The molecule has 0 atom stereocenters. The van der Waals surface area contributed by atoms with Gasteiger partial charge >= 0.3 is 6.09 Å². The van der Waals surface area contributed by atoms with E-state index in [4.69, 9.17) is 17.3 Å². The van der Waals surface area contributed by atoms with Crippen molar-refractivity contribution in [3.63, 3.8) is 0 Å². The summed E-state index contributed by atoms with van der Waals surface area (Å²) in [5, 5.41) is 9.93. The van der Waals surface area contributed by atoms with Crippen molar-refractivity contribution in [2.75, 3.05) is 0 Å². The van der Waals surface area contributed by atoms with Crippen molar-refractivity contribution in [1.29, 1.82) is 0 Å². The average Bonchev–Trinajstić information content (AvgIpc) is 2.08. The van der Waals surface area contributed by atoms with Crippen molar-refractivity contribution in [1.82, 2.24) is 0 Å². The molecule has 4 nitrogen and oxygen atoms in total. The van der Waals surface area contributed by atoms with Gasteiger partial charge in [-0.25, -0.2) is 4.79 Å². The minimum absolute atomic E-state index is 0.0179. The molecule has 0 bridgehead atoms. The predicted octanol–water partition coefficient (Wildman–Crippen LogP) is 2.40. The third kappa shape index (κ3) is 2.78. The van der Waals surface area contributed by atoms with Crippen LogP contribution >= 0.6 is 27.5 Å². The van der Waals surface area contributed by atoms with Gasteiger partial charge in [0.25, 0.3) is 0 Å². The van der Waals surface area contributed by atoms with Crippen molar-refractivity contribution >= 4 is 33.6 Å².